The molecule has 0 fully saturated rings. The number of carbonyl (C=O) groups excluding carboxylic acids is 4. The third kappa shape index (κ3) is 8.40. The number of rotatable bonds is 5. The van der Waals surface area contributed by atoms with Gasteiger partial charge in [-0.05, 0) is 38.0 Å². The number of aryl methyl sites for hydroxylation is 1. The smallest absolute Gasteiger partial charge is 0.349 e. The summed E-state index contributed by atoms with van der Waals surface area (Å²) in [5.74, 6) is -1.67. The molecule has 0 saturated heterocycles. The Labute approximate surface area is 266 Å². The molecule has 2 unspecified atom stereocenters. The van der Waals surface area contributed by atoms with Gasteiger partial charge in [0.15, 0.2) is 11.5 Å². The predicted molar refractivity (Wildman–Crippen MR) is 164 cm³/mol. The number of nitrogens with zero attached hydrogens (tertiary/aromatic N) is 2. The first kappa shape index (κ1) is 35.1. The number of esters is 1. The highest BCUT2D eigenvalue weighted by Crippen LogP contribution is 2.31. The number of methoxy groups -OCH3 is 2. The summed E-state index contributed by atoms with van der Waals surface area (Å²) in [4.78, 5) is 63.5. The fraction of sp³-hybridized carbons (Fsp3) is 0.375. The van der Waals surface area contributed by atoms with Gasteiger partial charge < -0.3 is 39.4 Å². The van der Waals surface area contributed by atoms with Crippen LogP contribution in [0.15, 0.2) is 53.1 Å². The fourth-order valence-corrected chi connectivity index (χ4v) is 4.77. The number of amides is 3. The molecule has 2 bridgehead atoms. The Bertz CT molecular complexity index is 1540. The van der Waals surface area contributed by atoms with Crippen LogP contribution in [0, 0.1) is 12.8 Å². The van der Waals surface area contributed by atoms with Crippen LogP contribution in [-0.2, 0) is 19.1 Å². The molecule has 14 heteroatoms. The van der Waals surface area contributed by atoms with Gasteiger partial charge in [-0.2, -0.15) is 0 Å². The van der Waals surface area contributed by atoms with Gasteiger partial charge in [0.2, 0.25) is 12.0 Å². The van der Waals surface area contributed by atoms with Crippen LogP contribution in [0.1, 0.15) is 47.2 Å². The van der Waals surface area contributed by atoms with E-state index in [-0.39, 0.29) is 53.9 Å². The van der Waals surface area contributed by atoms with Gasteiger partial charge >= 0.3 is 5.97 Å². The number of hydrogen-bond donors (Lipinski definition) is 3. The first-order valence-corrected chi connectivity index (χ1v) is 14.4. The average molecular weight is 639 g/mol. The lowest BCUT2D eigenvalue weighted by molar-refractivity contribution is -0.150. The van der Waals surface area contributed by atoms with Crippen molar-refractivity contribution in [2.24, 2.45) is 5.92 Å². The molecule has 0 radical (unpaired) electrons. The summed E-state index contributed by atoms with van der Waals surface area (Å²) >= 11 is 0. The van der Waals surface area contributed by atoms with Crippen LogP contribution < -0.4 is 20.1 Å². The quantitative estimate of drug-likeness (QED) is 0.276. The minimum atomic E-state index is -1.29. The summed E-state index contributed by atoms with van der Waals surface area (Å²) < 4.78 is 21.7. The Morgan fingerprint density at radius 2 is 1.76 bits per heavy atom. The maximum atomic E-state index is 14.1. The van der Waals surface area contributed by atoms with Crippen molar-refractivity contribution in [3.8, 4) is 22.8 Å². The van der Waals surface area contributed by atoms with Crippen LogP contribution in [-0.4, -0.2) is 90.8 Å². The van der Waals surface area contributed by atoms with E-state index in [0.29, 0.717) is 11.3 Å². The first-order chi connectivity index (χ1) is 21.9. The van der Waals surface area contributed by atoms with Crippen molar-refractivity contribution in [3.05, 3.63) is 65.4 Å². The molecule has 2 aromatic carbocycles. The average Bonchev–Trinajstić information content (AvgIpc) is 3.43. The highest BCUT2D eigenvalue weighted by molar-refractivity contribution is 6.02. The highest BCUT2D eigenvalue weighted by atomic mass is 16.6. The molecule has 14 nitrogen and oxygen atoms in total. The van der Waals surface area contributed by atoms with Gasteiger partial charge in [0.25, 0.3) is 18.3 Å². The minimum absolute atomic E-state index is 0.00281. The number of nitrogens with one attached hydrogen (secondary N) is 2. The summed E-state index contributed by atoms with van der Waals surface area (Å²) in [7, 11) is 2.63. The number of carboxylic acid groups (broad SMARTS) is 1. The number of benzene rings is 2. The van der Waals surface area contributed by atoms with Crippen LogP contribution in [0.4, 0.5) is 0 Å². The van der Waals surface area contributed by atoms with Gasteiger partial charge in [-0.15, -0.1) is 0 Å². The third-order valence-electron chi connectivity index (χ3n) is 7.24. The summed E-state index contributed by atoms with van der Waals surface area (Å²) in [6.07, 6.45) is -1.29. The van der Waals surface area contributed by atoms with Crippen molar-refractivity contribution < 1.29 is 47.8 Å². The van der Waals surface area contributed by atoms with Crippen molar-refractivity contribution >= 4 is 30.2 Å². The van der Waals surface area contributed by atoms with E-state index in [0.717, 1.165) is 0 Å². The van der Waals surface area contributed by atoms with Crippen molar-refractivity contribution in [2.75, 3.05) is 27.3 Å². The molecule has 4 rings (SSSR count). The second kappa shape index (κ2) is 16.1. The van der Waals surface area contributed by atoms with E-state index >= 15 is 0 Å². The predicted octanol–water partition coefficient (Wildman–Crippen LogP) is 2.69. The molecular weight excluding hydrogens is 600 g/mol. The maximum absolute atomic E-state index is 14.1. The van der Waals surface area contributed by atoms with Gasteiger partial charge in [0, 0.05) is 23.7 Å². The van der Waals surface area contributed by atoms with Crippen LogP contribution >= 0.6 is 0 Å². The monoisotopic (exact) mass is 638 g/mol. The number of carbonyl (C=O) groups is 5. The van der Waals surface area contributed by atoms with E-state index in [9.17, 15) is 19.2 Å². The summed E-state index contributed by atoms with van der Waals surface area (Å²) in [6.45, 7) is 6.38. The standard InChI is InChI=1S/C31H36N4O8.CH2O2/c1-17(2)22-15-35(30(38)26-19(4)43-34-27(26)20-10-8-7-9-11-20)16-25(36)32-18(3)28(31(39)41-6)42-24-14-21(29(37)33-22)12-13-23(24)40-5;2-1-3/h7-14,17-18,22,28H,15-16H2,1-6H3,(H,32,36)(H,33,37);1H,(H,2,3)/t18-,22?,28?;/m0./s1. The Morgan fingerprint density at radius 1 is 1.09 bits per heavy atom. The van der Waals surface area contributed by atoms with E-state index in [1.807, 2.05) is 32.0 Å². The van der Waals surface area contributed by atoms with E-state index in [1.165, 1.54) is 25.2 Å². The van der Waals surface area contributed by atoms with Crippen molar-refractivity contribution in [2.45, 2.75) is 45.9 Å². The van der Waals surface area contributed by atoms with Crippen LogP contribution in [0.2, 0.25) is 0 Å². The van der Waals surface area contributed by atoms with E-state index < -0.39 is 41.9 Å². The summed E-state index contributed by atoms with van der Waals surface area (Å²) in [5, 5.41) is 16.8. The van der Waals surface area contributed by atoms with E-state index in [1.54, 1.807) is 38.1 Å². The minimum Gasteiger partial charge on any atom is -0.493 e. The number of fused-ring (bicyclic) bond motifs is 2. The Hall–Kier alpha value is -5.40. The molecule has 0 aliphatic carbocycles. The molecule has 1 aliphatic rings. The Kier molecular flexibility index (Phi) is 12.3. The molecule has 3 N–H and O–H groups in total. The molecule has 0 spiro atoms. The topological polar surface area (TPSA) is 187 Å². The summed E-state index contributed by atoms with van der Waals surface area (Å²) in [5.41, 5.74) is 1.46. The van der Waals surface area contributed by atoms with Crippen LogP contribution in [0.3, 0.4) is 0 Å². The second-order valence-corrected chi connectivity index (χ2v) is 10.7. The van der Waals surface area contributed by atoms with Crippen LogP contribution in [0.5, 0.6) is 11.5 Å². The maximum Gasteiger partial charge on any atom is 0.349 e. The van der Waals surface area contributed by atoms with Gasteiger partial charge in [-0.1, -0.05) is 49.3 Å². The molecule has 246 valence electrons. The Morgan fingerprint density at radius 3 is 2.37 bits per heavy atom. The molecule has 3 aromatic rings. The number of hydrogen-bond acceptors (Lipinski definition) is 10. The number of aromatic nitrogens is 1. The molecule has 3 amide bonds. The third-order valence-corrected chi connectivity index (χ3v) is 7.24. The van der Waals surface area contributed by atoms with Crippen molar-refractivity contribution in [1.29, 1.82) is 0 Å². The highest BCUT2D eigenvalue weighted by Gasteiger charge is 2.34. The molecular formula is C32H38N4O10. The lowest BCUT2D eigenvalue weighted by Crippen LogP contribution is -2.54. The van der Waals surface area contributed by atoms with Crippen molar-refractivity contribution in [1.82, 2.24) is 20.7 Å². The van der Waals surface area contributed by atoms with Gasteiger partial charge in [-0.3, -0.25) is 19.2 Å². The molecule has 1 aliphatic heterocycles. The molecule has 3 atom stereocenters. The zero-order valence-corrected chi connectivity index (χ0v) is 26.4. The van der Waals surface area contributed by atoms with Gasteiger partial charge in [0.05, 0.1) is 26.8 Å². The van der Waals surface area contributed by atoms with Gasteiger partial charge in [0.1, 0.15) is 17.0 Å². The lowest BCUT2D eigenvalue weighted by Gasteiger charge is -2.31. The van der Waals surface area contributed by atoms with Crippen LogP contribution in [0.25, 0.3) is 11.3 Å². The zero-order valence-electron chi connectivity index (χ0n) is 26.4. The largest absolute Gasteiger partial charge is 0.493 e. The van der Waals surface area contributed by atoms with Crippen molar-refractivity contribution in [3.63, 3.8) is 0 Å². The van der Waals surface area contributed by atoms with E-state index in [2.05, 4.69) is 15.8 Å². The zero-order chi connectivity index (χ0) is 34.0. The lowest BCUT2D eigenvalue weighted by atomic mass is 10.0. The normalized spacial score (nSPS) is 18.5. The summed E-state index contributed by atoms with van der Waals surface area (Å²) in [6, 6.07) is 12.2. The molecule has 46 heavy (non-hydrogen) atoms. The second-order valence-electron chi connectivity index (χ2n) is 10.7. The van der Waals surface area contributed by atoms with Gasteiger partial charge in [-0.25, -0.2) is 4.79 Å². The molecule has 1 aromatic heterocycles. The Balaban J connectivity index is 0.00000185. The molecule has 0 saturated carbocycles. The fourth-order valence-electron chi connectivity index (χ4n) is 4.77. The first-order valence-electron chi connectivity index (χ1n) is 14.4. The van der Waals surface area contributed by atoms with E-state index in [4.69, 9.17) is 28.6 Å². The SMILES string of the molecule is COC(=O)C1Oc2cc(ccc2OC)C(=O)NC(C(C)C)CN(C(=O)c2c(-c3ccccc3)noc2C)CC(=O)N[C@H]1C.O=CO. The molecule has 2 heterocycles. The number of ether oxygens (including phenoxy) is 3.